The second-order valence-electron chi connectivity index (χ2n) is 4.26. The normalized spacial score (nSPS) is 14.2. The van der Waals surface area contributed by atoms with Crippen LogP contribution in [0.2, 0.25) is 0 Å². The van der Waals surface area contributed by atoms with Crippen LogP contribution >= 0.6 is 0 Å². The predicted molar refractivity (Wildman–Crippen MR) is 65.9 cm³/mol. The number of halogens is 2. The fraction of sp³-hybridized carbons (Fsp3) is 0.214. The molecule has 0 aliphatic heterocycles. The van der Waals surface area contributed by atoms with E-state index in [1.54, 1.807) is 12.4 Å². The predicted octanol–water partition coefficient (Wildman–Crippen LogP) is 3.16. The van der Waals surface area contributed by atoms with Crippen molar-refractivity contribution in [2.75, 3.05) is 0 Å². The Morgan fingerprint density at radius 3 is 2.44 bits per heavy atom. The molecule has 2 aromatic rings. The molecule has 0 aliphatic rings. The molecule has 2 atom stereocenters. The summed E-state index contributed by atoms with van der Waals surface area (Å²) in [5, 5.41) is 0. The smallest absolute Gasteiger partial charge is 0.128 e. The molecule has 2 N–H and O–H groups in total. The number of nitrogens with zero attached hydrogens (tertiary/aromatic N) is 1. The minimum Gasteiger partial charge on any atom is -0.323 e. The summed E-state index contributed by atoms with van der Waals surface area (Å²) in [5.41, 5.74) is 7.15. The van der Waals surface area contributed by atoms with E-state index < -0.39 is 17.7 Å². The maximum Gasteiger partial charge on any atom is 0.128 e. The summed E-state index contributed by atoms with van der Waals surface area (Å²) >= 11 is 0. The van der Waals surface area contributed by atoms with Gasteiger partial charge in [-0.1, -0.05) is 6.92 Å². The topological polar surface area (TPSA) is 38.9 Å². The van der Waals surface area contributed by atoms with Gasteiger partial charge in [0.2, 0.25) is 0 Å². The largest absolute Gasteiger partial charge is 0.323 e. The van der Waals surface area contributed by atoms with Crippen molar-refractivity contribution >= 4 is 0 Å². The van der Waals surface area contributed by atoms with Gasteiger partial charge in [0, 0.05) is 29.9 Å². The lowest BCUT2D eigenvalue weighted by Gasteiger charge is -2.21. The average Bonchev–Trinajstić information content (AvgIpc) is 2.41. The molecule has 94 valence electrons. The summed E-state index contributed by atoms with van der Waals surface area (Å²) in [5.74, 6) is -1.09. The van der Waals surface area contributed by atoms with Gasteiger partial charge in [-0.2, -0.15) is 0 Å². The first-order valence-corrected chi connectivity index (χ1v) is 5.70. The van der Waals surface area contributed by atoms with E-state index in [4.69, 9.17) is 5.73 Å². The summed E-state index contributed by atoms with van der Waals surface area (Å²) in [6, 6.07) is 6.39. The van der Waals surface area contributed by atoms with Gasteiger partial charge in [-0.3, -0.25) is 4.98 Å². The standard InChI is InChI=1S/C14H14F2N2/c1-9(10-4-6-18-7-5-10)14(17)12-8-11(15)2-3-13(12)16/h2-9,14H,17H2,1H3. The molecule has 1 aromatic carbocycles. The number of pyridine rings is 1. The van der Waals surface area contributed by atoms with Gasteiger partial charge < -0.3 is 5.73 Å². The number of aromatic nitrogens is 1. The first kappa shape index (κ1) is 12.6. The zero-order valence-corrected chi connectivity index (χ0v) is 9.98. The van der Waals surface area contributed by atoms with Gasteiger partial charge in [0.1, 0.15) is 11.6 Å². The molecule has 18 heavy (non-hydrogen) atoms. The monoisotopic (exact) mass is 248 g/mol. The van der Waals surface area contributed by atoms with Crippen LogP contribution in [0.4, 0.5) is 8.78 Å². The number of nitrogens with two attached hydrogens (primary N) is 1. The molecular formula is C14H14F2N2. The minimum atomic E-state index is -0.594. The second-order valence-corrected chi connectivity index (χ2v) is 4.26. The number of rotatable bonds is 3. The first-order chi connectivity index (χ1) is 8.59. The van der Waals surface area contributed by atoms with Gasteiger partial charge in [-0.15, -0.1) is 0 Å². The maximum absolute atomic E-state index is 13.6. The van der Waals surface area contributed by atoms with Crippen molar-refractivity contribution in [2.24, 2.45) is 5.73 Å². The van der Waals surface area contributed by atoms with Crippen LogP contribution in [-0.2, 0) is 0 Å². The Hall–Kier alpha value is -1.81. The Morgan fingerprint density at radius 1 is 1.11 bits per heavy atom. The van der Waals surface area contributed by atoms with Crippen LogP contribution in [0.5, 0.6) is 0 Å². The molecule has 0 amide bonds. The Balaban J connectivity index is 2.31. The third-order valence-electron chi connectivity index (χ3n) is 3.09. The molecule has 0 spiro atoms. The van der Waals surface area contributed by atoms with Crippen molar-refractivity contribution in [3.05, 3.63) is 65.5 Å². The van der Waals surface area contributed by atoms with Gasteiger partial charge in [0.15, 0.2) is 0 Å². The Bertz CT molecular complexity index is 529. The van der Waals surface area contributed by atoms with Crippen molar-refractivity contribution in [1.82, 2.24) is 4.98 Å². The fourth-order valence-corrected chi connectivity index (χ4v) is 1.91. The molecule has 0 saturated heterocycles. The van der Waals surface area contributed by atoms with Crippen molar-refractivity contribution in [2.45, 2.75) is 18.9 Å². The van der Waals surface area contributed by atoms with E-state index in [0.717, 1.165) is 23.8 Å². The molecule has 0 saturated carbocycles. The Kier molecular flexibility index (Phi) is 3.67. The van der Waals surface area contributed by atoms with E-state index in [1.807, 2.05) is 19.1 Å². The minimum absolute atomic E-state index is 0.121. The third-order valence-corrected chi connectivity index (χ3v) is 3.09. The van der Waals surface area contributed by atoms with Gasteiger partial charge in [0.05, 0.1) is 0 Å². The van der Waals surface area contributed by atoms with Crippen LogP contribution in [0.1, 0.15) is 30.0 Å². The zero-order valence-electron chi connectivity index (χ0n) is 9.98. The van der Waals surface area contributed by atoms with Gasteiger partial charge >= 0.3 is 0 Å². The second kappa shape index (κ2) is 5.23. The van der Waals surface area contributed by atoms with Crippen LogP contribution in [0.3, 0.4) is 0 Å². The van der Waals surface area contributed by atoms with E-state index in [9.17, 15) is 8.78 Å². The van der Waals surface area contributed by atoms with Crippen molar-refractivity contribution < 1.29 is 8.78 Å². The fourth-order valence-electron chi connectivity index (χ4n) is 1.91. The molecule has 0 aliphatic carbocycles. The molecule has 0 radical (unpaired) electrons. The lowest BCUT2D eigenvalue weighted by Crippen LogP contribution is -2.19. The summed E-state index contributed by atoms with van der Waals surface area (Å²) in [6.45, 7) is 1.88. The van der Waals surface area contributed by atoms with Crippen LogP contribution in [0.25, 0.3) is 0 Å². The van der Waals surface area contributed by atoms with E-state index in [-0.39, 0.29) is 11.5 Å². The highest BCUT2D eigenvalue weighted by Gasteiger charge is 2.20. The Morgan fingerprint density at radius 2 is 1.78 bits per heavy atom. The van der Waals surface area contributed by atoms with E-state index in [1.165, 1.54) is 0 Å². The van der Waals surface area contributed by atoms with Gasteiger partial charge in [0.25, 0.3) is 0 Å². The summed E-state index contributed by atoms with van der Waals surface area (Å²) in [7, 11) is 0. The van der Waals surface area contributed by atoms with Crippen LogP contribution in [-0.4, -0.2) is 4.98 Å². The summed E-state index contributed by atoms with van der Waals surface area (Å²) in [6.07, 6.45) is 3.31. The third kappa shape index (κ3) is 2.54. The lowest BCUT2D eigenvalue weighted by atomic mass is 9.89. The van der Waals surface area contributed by atoms with E-state index in [2.05, 4.69) is 4.98 Å². The maximum atomic E-state index is 13.6. The van der Waals surface area contributed by atoms with E-state index >= 15 is 0 Å². The molecule has 0 bridgehead atoms. The molecule has 4 heteroatoms. The average molecular weight is 248 g/mol. The quantitative estimate of drug-likeness (QED) is 0.906. The first-order valence-electron chi connectivity index (χ1n) is 5.70. The molecule has 2 unspecified atom stereocenters. The highest BCUT2D eigenvalue weighted by atomic mass is 19.1. The molecular weight excluding hydrogens is 234 g/mol. The van der Waals surface area contributed by atoms with Crippen molar-refractivity contribution in [1.29, 1.82) is 0 Å². The van der Waals surface area contributed by atoms with Gasteiger partial charge in [-0.05, 0) is 35.9 Å². The van der Waals surface area contributed by atoms with Crippen molar-refractivity contribution in [3.8, 4) is 0 Å². The number of benzene rings is 1. The molecule has 2 nitrogen and oxygen atoms in total. The summed E-state index contributed by atoms with van der Waals surface area (Å²) in [4.78, 5) is 3.92. The molecule has 1 heterocycles. The van der Waals surface area contributed by atoms with Crippen molar-refractivity contribution in [3.63, 3.8) is 0 Å². The highest BCUT2D eigenvalue weighted by molar-refractivity contribution is 5.27. The van der Waals surface area contributed by atoms with Gasteiger partial charge in [-0.25, -0.2) is 8.78 Å². The van der Waals surface area contributed by atoms with Crippen LogP contribution in [0.15, 0.2) is 42.7 Å². The Labute approximate surface area is 104 Å². The molecule has 0 fully saturated rings. The molecule has 1 aromatic heterocycles. The zero-order chi connectivity index (χ0) is 13.1. The van der Waals surface area contributed by atoms with Crippen LogP contribution in [0, 0.1) is 11.6 Å². The molecule has 2 rings (SSSR count). The lowest BCUT2D eigenvalue weighted by molar-refractivity contribution is 0.528. The number of hydrogen-bond acceptors (Lipinski definition) is 2. The SMILES string of the molecule is CC(c1ccncc1)C(N)c1cc(F)ccc1F. The highest BCUT2D eigenvalue weighted by Crippen LogP contribution is 2.29. The van der Waals surface area contributed by atoms with Crippen LogP contribution < -0.4 is 5.73 Å². The van der Waals surface area contributed by atoms with E-state index in [0.29, 0.717) is 0 Å². The number of hydrogen-bond donors (Lipinski definition) is 1. The summed E-state index contributed by atoms with van der Waals surface area (Å²) < 4.78 is 26.8.